The quantitative estimate of drug-likeness (QED) is 0.467. The second-order valence-electron chi connectivity index (χ2n) is 5.91. The Morgan fingerprint density at radius 3 is 2.56 bits per heavy atom. The van der Waals surface area contributed by atoms with Crippen LogP contribution >= 0.6 is 23.4 Å². The molecule has 3 rings (SSSR count). The van der Waals surface area contributed by atoms with Crippen LogP contribution < -0.4 is 0 Å². The maximum atomic E-state index is 5.92. The van der Waals surface area contributed by atoms with E-state index < -0.39 is 0 Å². The average Bonchev–Trinajstić information content (AvgIpc) is 3.04. The van der Waals surface area contributed by atoms with Gasteiger partial charge in [-0.3, -0.25) is 0 Å². The van der Waals surface area contributed by atoms with Crippen molar-refractivity contribution in [2.75, 3.05) is 0 Å². The van der Waals surface area contributed by atoms with Crippen LogP contribution in [-0.2, 0) is 5.75 Å². The van der Waals surface area contributed by atoms with Crippen LogP contribution in [0.15, 0.2) is 53.0 Å². The van der Waals surface area contributed by atoms with Gasteiger partial charge in [-0.1, -0.05) is 41.6 Å². The predicted molar refractivity (Wildman–Crippen MR) is 105 cm³/mol. The minimum atomic E-state index is 0.741. The summed E-state index contributed by atoms with van der Waals surface area (Å²) in [6, 6.07) is 12.1. The second-order valence-corrected chi connectivity index (χ2v) is 7.29. The van der Waals surface area contributed by atoms with Gasteiger partial charge in [0.1, 0.15) is 6.33 Å². The van der Waals surface area contributed by atoms with Crippen LogP contribution in [-0.4, -0.2) is 21.1 Å². The fourth-order valence-electron chi connectivity index (χ4n) is 2.37. The molecule has 1 aromatic heterocycles. The summed E-state index contributed by atoms with van der Waals surface area (Å²) >= 11 is 7.51. The van der Waals surface area contributed by atoms with Gasteiger partial charge in [0.25, 0.3) is 0 Å². The molecule has 3 aromatic rings. The molecule has 25 heavy (non-hydrogen) atoms. The molecule has 4 nitrogen and oxygen atoms in total. The van der Waals surface area contributed by atoms with E-state index in [2.05, 4.69) is 48.2 Å². The SMILES string of the molecule is Cc1cc(C)c(/C=N\n2cnnc2SCc2ccc(Cl)cc2)cc1C. The van der Waals surface area contributed by atoms with Crippen molar-refractivity contribution in [1.29, 1.82) is 0 Å². The van der Waals surface area contributed by atoms with Gasteiger partial charge in [0.2, 0.25) is 5.16 Å². The van der Waals surface area contributed by atoms with Gasteiger partial charge < -0.3 is 0 Å². The Kier molecular flexibility index (Phi) is 5.56. The monoisotopic (exact) mass is 370 g/mol. The zero-order valence-electron chi connectivity index (χ0n) is 14.4. The van der Waals surface area contributed by atoms with E-state index >= 15 is 0 Å². The third kappa shape index (κ3) is 4.50. The summed E-state index contributed by atoms with van der Waals surface area (Å²) in [4.78, 5) is 0. The molecule has 0 aliphatic heterocycles. The summed E-state index contributed by atoms with van der Waals surface area (Å²) in [6.45, 7) is 6.32. The lowest BCUT2D eigenvalue weighted by Gasteiger charge is -2.06. The molecule has 0 radical (unpaired) electrons. The molecule has 6 heteroatoms. The van der Waals surface area contributed by atoms with Crippen molar-refractivity contribution in [2.24, 2.45) is 5.10 Å². The molecule has 0 atom stereocenters. The zero-order valence-corrected chi connectivity index (χ0v) is 16.0. The van der Waals surface area contributed by atoms with Gasteiger partial charge in [0, 0.05) is 10.8 Å². The Labute approximate surface area is 156 Å². The topological polar surface area (TPSA) is 43.1 Å². The molecule has 0 amide bonds. The molecular weight excluding hydrogens is 352 g/mol. The van der Waals surface area contributed by atoms with Crippen LogP contribution in [0.25, 0.3) is 0 Å². The summed E-state index contributed by atoms with van der Waals surface area (Å²) in [5, 5.41) is 14.1. The molecule has 2 aromatic carbocycles. The van der Waals surface area contributed by atoms with Crippen LogP contribution in [0.4, 0.5) is 0 Å². The summed E-state index contributed by atoms with van der Waals surface area (Å²) in [6.07, 6.45) is 3.48. The molecule has 0 fully saturated rings. The number of aryl methyl sites for hydroxylation is 3. The number of benzene rings is 2. The molecule has 0 saturated heterocycles. The van der Waals surface area contributed by atoms with Crippen LogP contribution in [0.5, 0.6) is 0 Å². The molecule has 0 aliphatic carbocycles. The first-order chi connectivity index (χ1) is 12.0. The van der Waals surface area contributed by atoms with Gasteiger partial charge in [0.05, 0.1) is 6.21 Å². The van der Waals surface area contributed by atoms with Crippen LogP contribution in [0.3, 0.4) is 0 Å². The molecule has 0 saturated carbocycles. The summed E-state index contributed by atoms with van der Waals surface area (Å²) in [5.41, 5.74) is 6.03. The fraction of sp³-hybridized carbons (Fsp3) is 0.211. The first kappa shape index (κ1) is 17.7. The number of rotatable bonds is 5. The number of thioether (sulfide) groups is 1. The van der Waals surface area contributed by atoms with E-state index in [-0.39, 0.29) is 0 Å². The number of nitrogens with zero attached hydrogens (tertiary/aromatic N) is 4. The molecule has 128 valence electrons. The first-order valence-electron chi connectivity index (χ1n) is 7.92. The highest BCUT2D eigenvalue weighted by molar-refractivity contribution is 7.98. The average molecular weight is 371 g/mol. The van der Waals surface area contributed by atoms with Crippen LogP contribution in [0.1, 0.15) is 27.8 Å². The van der Waals surface area contributed by atoms with Crippen molar-refractivity contribution in [3.63, 3.8) is 0 Å². The van der Waals surface area contributed by atoms with E-state index in [0.29, 0.717) is 0 Å². The minimum absolute atomic E-state index is 0.741. The fourth-order valence-corrected chi connectivity index (χ4v) is 3.31. The summed E-state index contributed by atoms with van der Waals surface area (Å²) < 4.78 is 1.70. The molecule has 0 N–H and O–H groups in total. The highest BCUT2D eigenvalue weighted by Crippen LogP contribution is 2.22. The van der Waals surface area contributed by atoms with Gasteiger partial charge in [-0.05, 0) is 66.8 Å². The third-order valence-electron chi connectivity index (χ3n) is 3.99. The van der Waals surface area contributed by atoms with E-state index in [1.54, 1.807) is 22.8 Å². The second kappa shape index (κ2) is 7.85. The molecule has 1 heterocycles. The Morgan fingerprint density at radius 2 is 1.80 bits per heavy atom. The van der Waals surface area contributed by atoms with Crippen LogP contribution in [0.2, 0.25) is 5.02 Å². The van der Waals surface area contributed by atoms with Gasteiger partial charge in [0.15, 0.2) is 0 Å². The number of halogens is 1. The lowest BCUT2D eigenvalue weighted by atomic mass is 10.0. The van der Waals surface area contributed by atoms with Crippen molar-refractivity contribution in [2.45, 2.75) is 31.7 Å². The predicted octanol–water partition coefficient (Wildman–Crippen LogP) is 5.03. The maximum absolute atomic E-state index is 5.92. The van der Waals surface area contributed by atoms with E-state index in [1.165, 1.54) is 22.3 Å². The normalized spacial score (nSPS) is 11.4. The Bertz CT molecular complexity index is 900. The maximum Gasteiger partial charge on any atom is 0.212 e. The number of hydrogen-bond acceptors (Lipinski definition) is 4. The van der Waals surface area contributed by atoms with Crippen molar-refractivity contribution in [1.82, 2.24) is 14.9 Å². The van der Waals surface area contributed by atoms with Gasteiger partial charge >= 0.3 is 0 Å². The van der Waals surface area contributed by atoms with Crippen LogP contribution in [0, 0.1) is 20.8 Å². The molecule has 0 unspecified atom stereocenters. The third-order valence-corrected chi connectivity index (χ3v) is 5.24. The molecular formula is C19H19ClN4S. The van der Waals surface area contributed by atoms with Crippen molar-refractivity contribution in [3.8, 4) is 0 Å². The van der Waals surface area contributed by atoms with Gasteiger partial charge in [-0.2, -0.15) is 9.78 Å². The minimum Gasteiger partial charge on any atom is -0.195 e. The van der Waals surface area contributed by atoms with E-state index in [0.717, 1.165) is 21.5 Å². The number of aromatic nitrogens is 3. The Hall–Kier alpha value is -2.11. The summed E-state index contributed by atoms with van der Waals surface area (Å²) in [7, 11) is 0. The highest BCUT2D eigenvalue weighted by Gasteiger charge is 2.05. The van der Waals surface area contributed by atoms with E-state index in [1.807, 2.05) is 30.5 Å². The standard InChI is InChI=1S/C19H19ClN4S/c1-13-8-15(3)17(9-14(13)2)10-22-24-12-21-23-19(24)25-11-16-4-6-18(20)7-5-16/h4-10,12H,11H2,1-3H3/b22-10-. The Morgan fingerprint density at radius 1 is 1.08 bits per heavy atom. The lowest BCUT2D eigenvalue weighted by Crippen LogP contribution is -1.96. The largest absolute Gasteiger partial charge is 0.212 e. The van der Waals surface area contributed by atoms with E-state index in [9.17, 15) is 0 Å². The molecule has 0 aliphatic rings. The van der Waals surface area contributed by atoms with Crippen molar-refractivity contribution < 1.29 is 0 Å². The zero-order chi connectivity index (χ0) is 17.8. The first-order valence-corrected chi connectivity index (χ1v) is 9.29. The Balaban J connectivity index is 1.73. The van der Waals surface area contributed by atoms with Crippen molar-refractivity contribution >= 4 is 29.6 Å². The smallest absolute Gasteiger partial charge is 0.195 e. The lowest BCUT2D eigenvalue weighted by molar-refractivity contribution is 0.766. The molecule has 0 spiro atoms. The summed E-state index contributed by atoms with van der Waals surface area (Å²) in [5.74, 6) is 0.786. The van der Waals surface area contributed by atoms with E-state index in [4.69, 9.17) is 11.6 Å². The van der Waals surface area contributed by atoms with Gasteiger partial charge in [-0.25, -0.2) is 0 Å². The molecule has 0 bridgehead atoms. The highest BCUT2D eigenvalue weighted by atomic mass is 35.5. The number of hydrogen-bond donors (Lipinski definition) is 0. The van der Waals surface area contributed by atoms with Crippen molar-refractivity contribution in [3.05, 3.63) is 75.6 Å². The van der Waals surface area contributed by atoms with Gasteiger partial charge in [-0.15, -0.1) is 10.2 Å².